The predicted molar refractivity (Wildman–Crippen MR) is 84.3 cm³/mol. The zero-order valence-electron chi connectivity index (χ0n) is 14.0. The topological polar surface area (TPSA) is 44.8 Å². The van der Waals surface area contributed by atoms with E-state index in [1.54, 1.807) is 0 Å². The van der Waals surface area contributed by atoms with Gasteiger partial charge >= 0.3 is 5.97 Å². The Morgan fingerprint density at radius 3 is 2.76 bits per heavy atom. The number of hydrogen-bond acceptors (Lipinski definition) is 5. The molecule has 122 valence electrons. The van der Waals surface area contributed by atoms with Crippen LogP contribution >= 0.6 is 0 Å². The van der Waals surface area contributed by atoms with Gasteiger partial charge in [0.25, 0.3) is 0 Å². The smallest absolute Gasteiger partial charge is 0.326 e. The third-order valence-corrected chi connectivity index (χ3v) is 5.25. The van der Waals surface area contributed by atoms with Crippen molar-refractivity contribution >= 4 is 5.97 Å². The molecule has 0 radical (unpaired) electrons. The van der Waals surface area contributed by atoms with Gasteiger partial charge in [0, 0.05) is 18.6 Å². The van der Waals surface area contributed by atoms with Crippen molar-refractivity contribution in [3.8, 4) is 0 Å². The highest BCUT2D eigenvalue weighted by Gasteiger charge is 2.45. The highest BCUT2D eigenvalue weighted by Crippen LogP contribution is 2.35. The first-order chi connectivity index (χ1) is 10.0. The molecule has 0 bridgehead atoms. The summed E-state index contributed by atoms with van der Waals surface area (Å²) in [5, 5.41) is 3.27. The zero-order chi connectivity index (χ0) is 15.5. The van der Waals surface area contributed by atoms with E-state index in [4.69, 9.17) is 4.74 Å². The third-order valence-electron chi connectivity index (χ3n) is 5.25. The van der Waals surface area contributed by atoms with E-state index in [-0.39, 0.29) is 5.97 Å². The van der Waals surface area contributed by atoms with E-state index < -0.39 is 5.54 Å². The van der Waals surface area contributed by atoms with Crippen molar-refractivity contribution in [1.29, 1.82) is 0 Å². The number of carbonyl (C=O) groups is 1. The van der Waals surface area contributed by atoms with Gasteiger partial charge < -0.3 is 15.0 Å². The SMILES string of the molecule is CNC1(C(=O)OC)CCCC(N2CCCC2CN(C)C)C1. The van der Waals surface area contributed by atoms with Crippen LogP contribution in [0, 0.1) is 0 Å². The molecule has 1 saturated heterocycles. The van der Waals surface area contributed by atoms with Gasteiger partial charge in [-0.25, -0.2) is 0 Å². The number of carbonyl (C=O) groups excluding carboxylic acids is 1. The highest BCUT2D eigenvalue weighted by molar-refractivity contribution is 5.81. The summed E-state index contributed by atoms with van der Waals surface area (Å²) >= 11 is 0. The van der Waals surface area contributed by atoms with Gasteiger partial charge in [-0.1, -0.05) is 0 Å². The van der Waals surface area contributed by atoms with E-state index in [0.717, 1.165) is 25.8 Å². The van der Waals surface area contributed by atoms with Gasteiger partial charge in [-0.15, -0.1) is 0 Å². The van der Waals surface area contributed by atoms with Crippen LogP contribution in [0.2, 0.25) is 0 Å². The van der Waals surface area contributed by atoms with Crippen LogP contribution in [-0.4, -0.2) is 74.7 Å². The first-order valence-electron chi connectivity index (χ1n) is 8.20. The second-order valence-corrected chi connectivity index (χ2v) is 6.87. The Morgan fingerprint density at radius 2 is 2.14 bits per heavy atom. The third kappa shape index (κ3) is 3.58. The maximum absolute atomic E-state index is 12.2. The van der Waals surface area contributed by atoms with E-state index in [1.807, 2.05) is 7.05 Å². The van der Waals surface area contributed by atoms with Crippen molar-refractivity contribution in [2.24, 2.45) is 0 Å². The van der Waals surface area contributed by atoms with Gasteiger partial charge in [0.05, 0.1) is 7.11 Å². The van der Waals surface area contributed by atoms with E-state index in [0.29, 0.717) is 12.1 Å². The summed E-state index contributed by atoms with van der Waals surface area (Å²) in [4.78, 5) is 17.2. The van der Waals surface area contributed by atoms with Crippen LogP contribution in [0.1, 0.15) is 38.5 Å². The van der Waals surface area contributed by atoms with Crippen molar-refractivity contribution in [2.75, 3.05) is 41.3 Å². The van der Waals surface area contributed by atoms with Gasteiger partial charge in [-0.3, -0.25) is 9.69 Å². The lowest BCUT2D eigenvalue weighted by atomic mass is 9.78. The fraction of sp³-hybridized carbons (Fsp3) is 0.938. The normalized spacial score (nSPS) is 34.3. The number of likely N-dealkylation sites (tertiary alicyclic amines) is 1. The van der Waals surface area contributed by atoms with Crippen molar-refractivity contribution in [3.63, 3.8) is 0 Å². The molecule has 3 unspecified atom stereocenters. The summed E-state index contributed by atoms with van der Waals surface area (Å²) in [5.74, 6) is -0.0990. The van der Waals surface area contributed by atoms with E-state index in [2.05, 4.69) is 29.2 Å². The van der Waals surface area contributed by atoms with Crippen LogP contribution in [-0.2, 0) is 9.53 Å². The molecular formula is C16H31N3O2. The van der Waals surface area contributed by atoms with Crippen molar-refractivity contribution in [3.05, 3.63) is 0 Å². The fourth-order valence-corrected chi connectivity index (χ4v) is 4.20. The molecule has 1 aliphatic carbocycles. The molecule has 1 aliphatic heterocycles. The molecule has 0 spiro atoms. The highest BCUT2D eigenvalue weighted by atomic mass is 16.5. The standard InChI is InChI=1S/C16H31N3O2/c1-17-16(15(20)21-4)9-5-7-13(11-16)19-10-6-8-14(19)12-18(2)3/h13-14,17H,5-12H2,1-4H3. The summed E-state index contributed by atoms with van der Waals surface area (Å²) < 4.78 is 5.06. The number of ether oxygens (including phenoxy) is 1. The minimum Gasteiger partial charge on any atom is -0.468 e. The van der Waals surface area contributed by atoms with E-state index in [9.17, 15) is 4.79 Å². The summed E-state index contributed by atoms with van der Waals surface area (Å²) in [6.45, 7) is 2.28. The van der Waals surface area contributed by atoms with Crippen molar-refractivity contribution in [2.45, 2.75) is 56.1 Å². The number of nitrogens with one attached hydrogen (secondary N) is 1. The number of esters is 1. The maximum atomic E-state index is 12.2. The second kappa shape index (κ2) is 7.07. The van der Waals surface area contributed by atoms with Crippen LogP contribution in [0.4, 0.5) is 0 Å². The van der Waals surface area contributed by atoms with Crippen LogP contribution < -0.4 is 5.32 Å². The van der Waals surface area contributed by atoms with Gasteiger partial charge in [0.2, 0.25) is 0 Å². The molecule has 5 heteroatoms. The average molecular weight is 297 g/mol. The molecule has 2 rings (SSSR count). The largest absolute Gasteiger partial charge is 0.468 e. The molecule has 1 N–H and O–H groups in total. The molecule has 0 aromatic heterocycles. The van der Waals surface area contributed by atoms with Gasteiger partial charge in [-0.05, 0) is 66.2 Å². The predicted octanol–water partition coefficient (Wildman–Crippen LogP) is 1.09. The van der Waals surface area contributed by atoms with E-state index >= 15 is 0 Å². The molecule has 2 aliphatic rings. The molecule has 2 fully saturated rings. The number of rotatable bonds is 5. The molecule has 0 aromatic rings. The lowest BCUT2D eigenvalue weighted by Crippen LogP contribution is -2.58. The molecule has 0 amide bonds. The Morgan fingerprint density at radius 1 is 1.38 bits per heavy atom. The number of likely N-dealkylation sites (N-methyl/N-ethyl adjacent to an activating group) is 2. The molecule has 3 atom stereocenters. The Hall–Kier alpha value is -0.650. The van der Waals surface area contributed by atoms with Gasteiger partial charge in [-0.2, -0.15) is 0 Å². The maximum Gasteiger partial charge on any atom is 0.326 e. The van der Waals surface area contributed by atoms with Crippen LogP contribution in [0.15, 0.2) is 0 Å². The number of hydrogen-bond donors (Lipinski definition) is 1. The quantitative estimate of drug-likeness (QED) is 0.770. The molecule has 1 saturated carbocycles. The van der Waals surface area contributed by atoms with Crippen LogP contribution in [0.3, 0.4) is 0 Å². The summed E-state index contributed by atoms with van der Waals surface area (Å²) in [7, 11) is 7.67. The lowest BCUT2D eigenvalue weighted by Gasteiger charge is -2.44. The molecule has 0 aromatic carbocycles. The van der Waals surface area contributed by atoms with Crippen LogP contribution in [0.5, 0.6) is 0 Å². The lowest BCUT2D eigenvalue weighted by molar-refractivity contribution is -0.151. The summed E-state index contributed by atoms with van der Waals surface area (Å²) in [5.41, 5.74) is -0.483. The van der Waals surface area contributed by atoms with Crippen molar-refractivity contribution in [1.82, 2.24) is 15.1 Å². The minimum atomic E-state index is -0.483. The molecule has 5 nitrogen and oxygen atoms in total. The molecule has 1 heterocycles. The second-order valence-electron chi connectivity index (χ2n) is 6.87. The fourth-order valence-electron chi connectivity index (χ4n) is 4.20. The van der Waals surface area contributed by atoms with E-state index in [1.165, 1.54) is 32.9 Å². The Balaban J connectivity index is 2.07. The van der Waals surface area contributed by atoms with Gasteiger partial charge in [0.1, 0.15) is 5.54 Å². The Kier molecular flexibility index (Phi) is 5.63. The average Bonchev–Trinajstić information content (AvgIpc) is 2.93. The summed E-state index contributed by atoms with van der Waals surface area (Å²) in [6, 6.07) is 1.13. The monoisotopic (exact) mass is 297 g/mol. The number of nitrogens with zero attached hydrogens (tertiary/aromatic N) is 2. The minimum absolute atomic E-state index is 0.0990. The van der Waals surface area contributed by atoms with Crippen LogP contribution in [0.25, 0.3) is 0 Å². The first-order valence-corrected chi connectivity index (χ1v) is 8.20. The number of methoxy groups -OCH3 is 1. The molecule has 21 heavy (non-hydrogen) atoms. The Labute approximate surface area is 129 Å². The zero-order valence-corrected chi connectivity index (χ0v) is 14.0. The summed E-state index contributed by atoms with van der Waals surface area (Å²) in [6.07, 6.45) is 6.61. The van der Waals surface area contributed by atoms with Gasteiger partial charge in [0.15, 0.2) is 0 Å². The molecular weight excluding hydrogens is 266 g/mol. The first kappa shape index (κ1) is 16.7. The Bertz CT molecular complexity index is 361. The van der Waals surface area contributed by atoms with Crippen molar-refractivity contribution < 1.29 is 9.53 Å².